The zero-order chi connectivity index (χ0) is 35.1. The lowest BCUT2D eigenvalue weighted by Gasteiger charge is -2.37. The van der Waals surface area contributed by atoms with Crippen LogP contribution in [0.1, 0.15) is 112 Å². The van der Waals surface area contributed by atoms with Crippen LogP contribution in [-0.2, 0) is 19.6 Å². The third-order valence-corrected chi connectivity index (χ3v) is 10.8. The van der Waals surface area contributed by atoms with E-state index >= 15 is 0 Å². The zero-order valence-electron chi connectivity index (χ0n) is 29.6. The molecular weight excluding hydrogens is 626 g/mol. The number of hydrogen-bond acceptors (Lipinski definition) is 6. The summed E-state index contributed by atoms with van der Waals surface area (Å²) in [7, 11) is -3.68. The van der Waals surface area contributed by atoms with Crippen LogP contribution in [0.3, 0.4) is 0 Å². The van der Waals surface area contributed by atoms with Crippen molar-refractivity contribution >= 4 is 21.8 Å². The van der Waals surface area contributed by atoms with Crippen molar-refractivity contribution in [2.45, 2.75) is 137 Å². The van der Waals surface area contributed by atoms with Gasteiger partial charge in [0.2, 0.25) is 21.8 Å². The van der Waals surface area contributed by atoms with E-state index in [-0.39, 0.29) is 67.5 Å². The summed E-state index contributed by atoms with van der Waals surface area (Å²) < 4.78 is 54.4. The maximum atomic E-state index is 14.4. The van der Waals surface area contributed by atoms with Gasteiger partial charge in [0.05, 0.1) is 17.9 Å². The van der Waals surface area contributed by atoms with Crippen LogP contribution in [0, 0.1) is 41.4 Å². The Hall–Kier alpha value is -1.81. The van der Waals surface area contributed by atoms with E-state index in [9.17, 15) is 31.9 Å². The molecule has 272 valence electrons. The van der Waals surface area contributed by atoms with Crippen LogP contribution in [-0.4, -0.2) is 91.7 Å². The number of hydrogen-bond donors (Lipinski definition) is 3. The summed E-state index contributed by atoms with van der Waals surface area (Å²) in [4.78, 5) is 32.1. The van der Waals surface area contributed by atoms with E-state index in [4.69, 9.17) is 0 Å². The minimum atomic E-state index is -3.68. The molecule has 2 aliphatic carbocycles. The molecule has 7 atom stereocenters. The van der Waals surface area contributed by atoms with E-state index < -0.39 is 46.3 Å². The molecule has 0 heterocycles. The molecule has 2 aliphatic rings. The highest BCUT2D eigenvalue weighted by Gasteiger charge is 2.39. The first-order valence-electron chi connectivity index (χ1n) is 17.9. The first-order chi connectivity index (χ1) is 22.2. The predicted molar refractivity (Wildman–Crippen MR) is 183 cm³/mol. The Balaban J connectivity index is 2.32. The monoisotopic (exact) mass is 688 g/mol. The van der Waals surface area contributed by atoms with Crippen molar-refractivity contribution in [3.05, 3.63) is 0 Å². The summed E-state index contributed by atoms with van der Waals surface area (Å²) in [5.41, 5.74) is 0. The lowest BCUT2D eigenvalue weighted by atomic mass is 9.74. The van der Waals surface area contributed by atoms with Gasteiger partial charge in [-0.05, 0) is 76.5 Å². The molecular formula is C35H62F2N4O5S. The SMILES string of the molecule is CC#CC1CC(C(=O)NC(CC2CC(F)CC(F)C2)C(O)CN(CCCC)NS(=O)(=O)CC(C)C)CC(C(=O)N(CCC)CCC)C1. The average Bonchev–Trinajstić information content (AvgIpc) is 2.97. The summed E-state index contributed by atoms with van der Waals surface area (Å²) in [6, 6.07) is -0.868. The number of alkyl halides is 2. The lowest BCUT2D eigenvalue weighted by Crippen LogP contribution is -2.55. The predicted octanol–water partition coefficient (Wildman–Crippen LogP) is 5.00. The molecule has 9 nitrogen and oxygen atoms in total. The number of amides is 2. The number of carbonyl (C=O) groups excluding carboxylic acids is 2. The summed E-state index contributed by atoms with van der Waals surface area (Å²) in [6.07, 6.45) is 1.04. The van der Waals surface area contributed by atoms with E-state index in [0.29, 0.717) is 45.3 Å². The fourth-order valence-electron chi connectivity index (χ4n) is 7.19. The number of halogens is 2. The van der Waals surface area contributed by atoms with Crippen LogP contribution < -0.4 is 10.1 Å². The number of unbranched alkanes of at least 4 members (excludes halogenated alkanes) is 1. The summed E-state index contributed by atoms with van der Waals surface area (Å²) in [6.45, 7) is 13.0. The van der Waals surface area contributed by atoms with Crippen LogP contribution in [0.5, 0.6) is 0 Å². The quantitative estimate of drug-likeness (QED) is 0.130. The van der Waals surface area contributed by atoms with Crippen molar-refractivity contribution in [1.82, 2.24) is 20.1 Å². The second kappa shape index (κ2) is 20.6. The van der Waals surface area contributed by atoms with Crippen molar-refractivity contribution < 1.29 is 31.9 Å². The number of nitrogens with one attached hydrogen (secondary N) is 2. The standard InChI is InChI=1S/C35H62F2N4O5S/c1-7-11-15-41(39-47(45,46)24-25(5)6)23-33(42)32(20-27-18-30(36)22-31(37)19-27)38-34(43)28-16-26(12-8-2)17-29(21-28)35(44)40(13-9-3)14-10-4/h25-33,39,42H,7,9-11,13-24H2,1-6H3,(H,38,43). The highest BCUT2D eigenvalue weighted by molar-refractivity contribution is 7.89. The summed E-state index contributed by atoms with van der Waals surface area (Å²) >= 11 is 0. The number of aliphatic hydroxyl groups excluding tert-OH is 1. The highest BCUT2D eigenvalue weighted by Crippen LogP contribution is 2.36. The first kappa shape index (κ1) is 41.4. The number of hydrazine groups is 1. The molecule has 0 aromatic heterocycles. The Kier molecular flexibility index (Phi) is 18.2. The normalized spacial score (nSPS) is 26.4. The number of carbonyl (C=O) groups is 2. The second-order valence-electron chi connectivity index (χ2n) is 14.3. The average molecular weight is 689 g/mol. The van der Waals surface area contributed by atoms with Gasteiger partial charge >= 0.3 is 0 Å². The minimum absolute atomic E-state index is 0.0381. The Morgan fingerprint density at radius 2 is 1.53 bits per heavy atom. The molecule has 47 heavy (non-hydrogen) atoms. The van der Waals surface area contributed by atoms with Gasteiger partial charge in [-0.1, -0.05) is 41.0 Å². The molecule has 0 aliphatic heterocycles. The summed E-state index contributed by atoms with van der Waals surface area (Å²) in [5, 5.41) is 16.1. The Morgan fingerprint density at radius 1 is 0.915 bits per heavy atom. The smallest absolute Gasteiger partial charge is 0.225 e. The van der Waals surface area contributed by atoms with Crippen LogP contribution in [0.25, 0.3) is 0 Å². The van der Waals surface area contributed by atoms with Crippen molar-refractivity contribution in [2.24, 2.45) is 29.6 Å². The van der Waals surface area contributed by atoms with Gasteiger partial charge in [0.1, 0.15) is 12.3 Å². The van der Waals surface area contributed by atoms with Gasteiger partial charge in [-0.3, -0.25) is 9.59 Å². The number of aliphatic hydroxyl groups is 1. The molecule has 0 bridgehead atoms. The molecule has 2 rings (SSSR count). The molecule has 0 aromatic rings. The van der Waals surface area contributed by atoms with Gasteiger partial charge in [0.15, 0.2) is 0 Å². The van der Waals surface area contributed by atoms with Crippen LogP contribution in [0.2, 0.25) is 0 Å². The summed E-state index contributed by atoms with van der Waals surface area (Å²) in [5.74, 6) is 4.24. The fraction of sp³-hybridized carbons (Fsp3) is 0.886. The molecule has 0 radical (unpaired) electrons. The molecule has 2 saturated carbocycles. The first-order valence-corrected chi connectivity index (χ1v) is 19.6. The Labute approximate surface area is 283 Å². The number of nitrogens with zero attached hydrogens (tertiary/aromatic N) is 2. The van der Waals surface area contributed by atoms with Crippen LogP contribution >= 0.6 is 0 Å². The molecule has 0 spiro atoms. The topological polar surface area (TPSA) is 119 Å². The molecule has 0 aromatic carbocycles. The Morgan fingerprint density at radius 3 is 2.09 bits per heavy atom. The van der Waals surface area contributed by atoms with E-state index in [1.165, 1.54) is 5.01 Å². The maximum absolute atomic E-state index is 14.4. The molecule has 7 unspecified atom stereocenters. The van der Waals surface area contributed by atoms with Gasteiger partial charge in [-0.2, -0.15) is 0 Å². The highest BCUT2D eigenvalue weighted by atomic mass is 32.2. The molecule has 0 saturated heterocycles. The third-order valence-electron chi connectivity index (χ3n) is 9.15. The van der Waals surface area contributed by atoms with Crippen molar-refractivity contribution in [2.75, 3.05) is 31.9 Å². The second-order valence-corrected chi connectivity index (χ2v) is 16.0. The largest absolute Gasteiger partial charge is 0.390 e. The molecule has 12 heteroatoms. The van der Waals surface area contributed by atoms with Gasteiger partial charge in [-0.15, -0.1) is 16.7 Å². The van der Waals surface area contributed by atoms with Gasteiger partial charge in [-0.25, -0.2) is 22.2 Å². The van der Waals surface area contributed by atoms with Crippen LogP contribution in [0.4, 0.5) is 8.78 Å². The minimum Gasteiger partial charge on any atom is -0.390 e. The van der Waals surface area contributed by atoms with E-state index in [2.05, 4.69) is 22.0 Å². The van der Waals surface area contributed by atoms with Crippen molar-refractivity contribution in [1.29, 1.82) is 0 Å². The van der Waals surface area contributed by atoms with Gasteiger partial charge in [0.25, 0.3) is 0 Å². The maximum Gasteiger partial charge on any atom is 0.225 e. The number of sulfonamides is 1. The van der Waals surface area contributed by atoms with E-state index in [0.717, 1.165) is 19.3 Å². The van der Waals surface area contributed by atoms with Crippen LogP contribution in [0.15, 0.2) is 0 Å². The van der Waals surface area contributed by atoms with Gasteiger partial charge in [0, 0.05) is 50.4 Å². The zero-order valence-corrected chi connectivity index (χ0v) is 30.5. The van der Waals surface area contributed by atoms with E-state index in [1.54, 1.807) is 6.92 Å². The van der Waals surface area contributed by atoms with Crippen molar-refractivity contribution in [3.8, 4) is 11.8 Å². The molecule has 3 N–H and O–H groups in total. The third kappa shape index (κ3) is 14.7. The molecule has 2 fully saturated rings. The lowest BCUT2D eigenvalue weighted by molar-refractivity contribution is -0.139. The van der Waals surface area contributed by atoms with Gasteiger partial charge < -0.3 is 15.3 Å². The van der Waals surface area contributed by atoms with Crippen molar-refractivity contribution in [3.63, 3.8) is 0 Å². The Bertz CT molecular complexity index is 1110. The number of rotatable bonds is 19. The van der Waals surface area contributed by atoms with E-state index in [1.807, 2.05) is 39.5 Å². The fourth-order valence-corrected chi connectivity index (χ4v) is 8.70. The molecule has 2 amide bonds.